The van der Waals surface area contributed by atoms with E-state index in [-0.39, 0.29) is 0 Å². The molecule has 0 amide bonds. The molecular weight excluding hydrogens is 276 g/mol. The van der Waals surface area contributed by atoms with Gasteiger partial charge < -0.3 is 20.5 Å². The first-order valence-electron chi connectivity index (χ1n) is 7.79. The Labute approximate surface area is 131 Å². The first-order valence-corrected chi connectivity index (χ1v) is 7.79. The minimum absolute atomic E-state index is 0.321. The van der Waals surface area contributed by atoms with Crippen LogP contribution in [0.2, 0.25) is 0 Å². The Morgan fingerprint density at radius 1 is 1.00 bits per heavy atom. The second kappa shape index (κ2) is 7.18. The van der Waals surface area contributed by atoms with Gasteiger partial charge in [-0.3, -0.25) is 0 Å². The molecule has 0 spiro atoms. The zero-order valence-electron chi connectivity index (χ0n) is 12.6. The number of hydrogen-bond acceptors (Lipinski definition) is 4. The van der Waals surface area contributed by atoms with Crippen LogP contribution in [0.25, 0.3) is 0 Å². The SMILES string of the molecule is Oc1ccc(CCNCCc2ccc3c(c2)NCCO3)cc1. The molecule has 4 nitrogen and oxygen atoms in total. The van der Waals surface area contributed by atoms with E-state index < -0.39 is 0 Å². The van der Waals surface area contributed by atoms with Gasteiger partial charge in [0.2, 0.25) is 0 Å². The van der Waals surface area contributed by atoms with Gasteiger partial charge in [0, 0.05) is 6.54 Å². The fourth-order valence-corrected chi connectivity index (χ4v) is 2.60. The van der Waals surface area contributed by atoms with Gasteiger partial charge >= 0.3 is 0 Å². The molecule has 0 saturated carbocycles. The molecule has 3 N–H and O–H groups in total. The predicted molar refractivity (Wildman–Crippen MR) is 88.8 cm³/mol. The summed E-state index contributed by atoms with van der Waals surface area (Å²) < 4.78 is 5.58. The maximum atomic E-state index is 9.25. The molecule has 0 saturated heterocycles. The monoisotopic (exact) mass is 298 g/mol. The van der Waals surface area contributed by atoms with Gasteiger partial charge in [-0.1, -0.05) is 18.2 Å². The molecule has 116 valence electrons. The van der Waals surface area contributed by atoms with Crippen LogP contribution in [-0.4, -0.2) is 31.3 Å². The average molecular weight is 298 g/mol. The van der Waals surface area contributed by atoms with Gasteiger partial charge in [-0.25, -0.2) is 0 Å². The van der Waals surface area contributed by atoms with Gasteiger partial charge in [0.05, 0.1) is 5.69 Å². The molecular formula is C18H22N2O2. The smallest absolute Gasteiger partial charge is 0.142 e. The summed E-state index contributed by atoms with van der Waals surface area (Å²) >= 11 is 0. The van der Waals surface area contributed by atoms with Crippen LogP contribution in [0, 0.1) is 0 Å². The molecule has 4 heteroatoms. The number of nitrogens with one attached hydrogen (secondary N) is 2. The van der Waals surface area contributed by atoms with E-state index in [2.05, 4.69) is 22.8 Å². The second-order valence-corrected chi connectivity index (χ2v) is 5.52. The summed E-state index contributed by atoms with van der Waals surface area (Å²) in [6.07, 6.45) is 1.98. The van der Waals surface area contributed by atoms with Crippen molar-refractivity contribution in [3.8, 4) is 11.5 Å². The molecule has 0 fully saturated rings. The summed E-state index contributed by atoms with van der Waals surface area (Å²) in [5.74, 6) is 1.27. The Bertz CT molecular complexity index is 611. The van der Waals surface area contributed by atoms with E-state index in [0.29, 0.717) is 5.75 Å². The summed E-state index contributed by atoms with van der Waals surface area (Å²) in [7, 11) is 0. The molecule has 2 aromatic rings. The van der Waals surface area contributed by atoms with Crippen molar-refractivity contribution in [1.82, 2.24) is 5.32 Å². The van der Waals surface area contributed by atoms with E-state index in [9.17, 15) is 5.11 Å². The van der Waals surface area contributed by atoms with Crippen molar-refractivity contribution < 1.29 is 9.84 Å². The lowest BCUT2D eigenvalue weighted by atomic mass is 10.1. The van der Waals surface area contributed by atoms with Gasteiger partial charge in [0.15, 0.2) is 0 Å². The third-order valence-electron chi connectivity index (χ3n) is 3.84. The molecule has 1 aliphatic heterocycles. The number of benzene rings is 2. The number of phenols is 1. The van der Waals surface area contributed by atoms with Crippen molar-refractivity contribution >= 4 is 5.69 Å². The number of phenolic OH excluding ortho intramolecular Hbond substituents is 1. The zero-order chi connectivity index (χ0) is 15.2. The largest absolute Gasteiger partial charge is 0.508 e. The van der Waals surface area contributed by atoms with Crippen molar-refractivity contribution in [1.29, 1.82) is 0 Å². The van der Waals surface area contributed by atoms with Crippen molar-refractivity contribution in [3.05, 3.63) is 53.6 Å². The van der Waals surface area contributed by atoms with Crippen molar-refractivity contribution in [2.24, 2.45) is 0 Å². The second-order valence-electron chi connectivity index (χ2n) is 5.52. The van der Waals surface area contributed by atoms with E-state index >= 15 is 0 Å². The molecule has 0 radical (unpaired) electrons. The number of fused-ring (bicyclic) bond motifs is 1. The lowest BCUT2D eigenvalue weighted by molar-refractivity contribution is 0.323. The highest BCUT2D eigenvalue weighted by Gasteiger charge is 2.09. The van der Waals surface area contributed by atoms with Crippen LogP contribution < -0.4 is 15.4 Å². The topological polar surface area (TPSA) is 53.5 Å². The Morgan fingerprint density at radius 2 is 1.73 bits per heavy atom. The number of aromatic hydroxyl groups is 1. The molecule has 3 rings (SSSR count). The molecule has 0 aromatic heterocycles. The van der Waals surface area contributed by atoms with Crippen LogP contribution in [-0.2, 0) is 12.8 Å². The normalized spacial score (nSPS) is 13.1. The average Bonchev–Trinajstić information content (AvgIpc) is 2.56. The van der Waals surface area contributed by atoms with Gasteiger partial charge in [0.25, 0.3) is 0 Å². The molecule has 0 unspecified atom stereocenters. The van der Waals surface area contributed by atoms with Crippen molar-refractivity contribution in [3.63, 3.8) is 0 Å². The highest BCUT2D eigenvalue weighted by atomic mass is 16.5. The zero-order valence-corrected chi connectivity index (χ0v) is 12.6. The number of rotatable bonds is 6. The molecule has 0 aliphatic carbocycles. The standard InChI is InChI=1S/C18H22N2O2/c21-16-4-1-14(2-5-16)7-9-19-10-8-15-3-6-18-17(13-15)20-11-12-22-18/h1-6,13,19-21H,7-12H2. The Balaban J connectivity index is 1.40. The molecule has 0 atom stereocenters. The third-order valence-corrected chi connectivity index (χ3v) is 3.84. The van der Waals surface area contributed by atoms with Gasteiger partial charge in [-0.05, 0) is 61.3 Å². The summed E-state index contributed by atoms with van der Waals surface area (Å²) in [6, 6.07) is 13.8. The lowest BCUT2D eigenvalue weighted by Gasteiger charge is -2.19. The first-order chi connectivity index (χ1) is 10.8. The summed E-state index contributed by atoms with van der Waals surface area (Å²) in [6.45, 7) is 3.52. The molecule has 1 aliphatic rings. The Hall–Kier alpha value is -2.20. The predicted octanol–water partition coefficient (Wildman–Crippen LogP) is 2.57. The van der Waals surface area contributed by atoms with E-state index in [4.69, 9.17) is 4.74 Å². The fraction of sp³-hybridized carbons (Fsp3) is 0.333. The van der Waals surface area contributed by atoms with Gasteiger partial charge in [-0.15, -0.1) is 0 Å². The van der Waals surface area contributed by atoms with Crippen LogP contribution in [0.15, 0.2) is 42.5 Å². The van der Waals surface area contributed by atoms with E-state index in [0.717, 1.165) is 50.5 Å². The van der Waals surface area contributed by atoms with Crippen LogP contribution in [0.4, 0.5) is 5.69 Å². The van der Waals surface area contributed by atoms with E-state index in [1.165, 1.54) is 11.1 Å². The lowest BCUT2D eigenvalue weighted by Crippen LogP contribution is -2.21. The van der Waals surface area contributed by atoms with Crippen LogP contribution in [0.1, 0.15) is 11.1 Å². The molecule has 0 bridgehead atoms. The minimum Gasteiger partial charge on any atom is -0.508 e. The fourth-order valence-electron chi connectivity index (χ4n) is 2.60. The molecule has 2 aromatic carbocycles. The number of anilines is 1. The van der Waals surface area contributed by atoms with Crippen molar-refractivity contribution in [2.45, 2.75) is 12.8 Å². The molecule has 22 heavy (non-hydrogen) atoms. The van der Waals surface area contributed by atoms with Crippen LogP contribution >= 0.6 is 0 Å². The minimum atomic E-state index is 0.321. The van der Waals surface area contributed by atoms with Gasteiger partial charge in [0.1, 0.15) is 18.1 Å². The van der Waals surface area contributed by atoms with Crippen LogP contribution in [0.3, 0.4) is 0 Å². The maximum Gasteiger partial charge on any atom is 0.142 e. The van der Waals surface area contributed by atoms with Gasteiger partial charge in [-0.2, -0.15) is 0 Å². The highest BCUT2D eigenvalue weighted by molar-refractivity contribution is 5.59. The summed E-state index contributed by atoms with van der Waals surface area (Å²) in [4.78, 5) is 0. The number of hydrogen-bond donors (Lipinski definition) is 3. The summed E-state index contributed by atoms with van der Waals surface area (Å²) in [5.41, 5.74) is 3.65. The highest BCUT2D eigenvalue weighted by Crippen LogP contribution is 2.28. The van der Waals surface area contributed by atoms with Crippen molar-refractivity contribution in [2.75, 3.05) is 31.6 Å². The quantitative estimate of drug-likeness (QED) is 0.718. The Kier molecular flexibility index (Phi) is 4.81. The first kappa shape index (κ1) is 14.7. The molecule has 1 heterocycles. The summed E-state index contributed by atoms with van der Waals surface area (Å²) in [5, 5.41) is 16.1. The van der Waals surface area contributed by atoms with Crippen LogP contribution in [0.5, 0.6) is 11.5 Å². The van der Waals surface area contributed by atoms with E-state index in [1.54, 1.807) is 12.1 Å². The third kappa shape index (κ3) is 3.92. The number of ether oxygens (including phenoxy) is 1. The maximum absolute atomic E-state index is 9.25. The Morgan fingerprint density at radius 3 is 2.55 bits per heavy atom. The van der Waals surface area contributed by atoms with E-state index in [1.807, 2.05) is 18.2 Å².